The largest absolute Gasteiger partial charge is 0.344 e. The van der Waals surface area contributed by atoms with Gasteiger partial charge in [-0.3, -0.25) is 14.2 Å². The van der Waals surface area contributed by atoms with Gasteiger partial charge in [-0.2, -0.15) is 0 Å². The molecule has 6 heteroatoms. The lowest BCUT2D eigenvalue weighted by Crippen LogP contribution is -2.22. The number of carbonyl (C=O) groups excluding carboxylic acids is 1. The molecule has 2 aromatic heterocycles. The van der Waals surface area contributed by atoms with Gasteiger partial charge in [-0.25, -0.2) is 4.98 Å². The zero-order chi connectivity index (χ0) is 13.6. The van der Waals surface area contributed by atoms with Gasteiger partial charge < -0.3 is 4.90 Å². The Labute approximate surface area is 109 Å². The van der Waals surface area contributed by atoms with Crippen LogP contribution in [0.15, 0.2) is 4.79 Å². The maximum atomic E-state index is 12.2. The van der Waals surface area contributed by atoms with E-state index in [0.717, 1.165) is 5.56 Å². The van der Waals surface area contributed by atoms with Crippen molar-refractivity contribution in [2.24, 2.45) is 7.05 Å². The lowest BCUT2D eigenvalue weighted by molar-refractivity contribution is 0.0831. The summed E-state index contributed by atoms with van der Waals surface area (Å²) in [4.78, 5) is 31.3. The monoisotopic (exact) mass is 265 g/mol. The number of carbonyl (C=O) groups is 1. The first-order valence-corrected chi connectivity index (χ1v) is 6.34. The molecule has 0 spiro atoms. The molecule has 0 fully saturated rings. The Hall–Kier alpha value is -1.69. The van der Waals surface area contributed by atoms with E-state index in [0.29, 0.717) is 20.9 Å². The highest BCUT2D eigenvalue weighted by Gasteiger charge is 2.20. The molecule has 0 aliphatic heterocycles. The van der Waals surface area contributed by atoms with Crippen LogP contribution in [0.5, 0.6) is 0 Å². The first-order valence-electron chi connectivity index (χ1n) is 5.53. The van der Waals surface area contributed by atoms with Crippen molar-refractivity contribution >= 4 is 27.5 Å². The maximum absolute atomic E-state index is 12.2. The van der Waals surface area contributed by atoms with Gasteiger partial charge in [-0.05, 0) is 19.4 Å². The molecule has 0 unspecified atom stereocenters. The quantitative estimate of drug-likeness (QED) is 0.781. The van der Waals surface area contributed by atoms with Gasteiger partial charge in [0.05, 0.1) is 10.3 Å². The minimum atomic E-state index is -0.0935. The second kappa shape index (κ2) is 4.20. The molecule has 1 amide bonds. The van der Waals surface area contributed by atoms with Crippen molar-refractivity contribution in [2.75, 3.05) is 14.1 Å². The van der Waals surface area contributed by atoms with Crippen molar-refractivity contribution in [1.82, 2.24) is 14.5 Å². The van der Waals surface area contributed by atoms with Crippen molar-refractivity contribution in [2.45, 2.75) is 13.8 Å². The van der Waals surface area contributed by atoms with Crippen LogP contribution in [-0.4, -0.2) is 34.5 Å². The molecule has 18 heavy (non-hydrogen) atoms. The molecule has 0 aliphatic rings. The van der Waals surface area contributed by atoms with Crippen LogP contribution in [0.2, 0.25) is 0 Å². The number of amides is 1. The molecule has 0 saturated carbocycles. The number of nitrogens with zero attached hydrogens (tertiary/aromatic N) is 3. The number of hydrogen-bond donors (Lipinski definition) is 0. The van der Waals surface area contributed by atoms with Crippen LogP contribution in [0.4, 0.5) is 0 Å². The SMILES string of the molecule is Cc1c(C(=O)N(C)C)sc2nc(C)n(C)c(=O)c12. The Balaban J connectivity index is 2.83. The van der Waals surface area contributed by atoms with Crippen molar-refractivity contribution < 1.29 is 4.79 Å². The molecule has 0 aliphatic carbocycles. The summed E-state index contributed by atoms with van der Waals surface area (Å²) in [5, 5.41) is 0.554. The van der Waals surface area contributed by atoms with Crippen LogP contribution in [0, 0.1) is 13.8 Å². The molecular formula is C12H15N3O2S. The molecule has 96 valence electrons. The first kappa shape index (κ1) is 12.8. The molecular weight excluding hydrogens is 250 g/mol. The van der Waals surface area contributed by atoms with E-state index in [1.54, 1.807) is 35.0 Å². The van der Waals surface area contributed by atoms with Crippen LogP contribution >= 0.6 is 11.3 Å². The Kier molecular flexibility index (Phi) is 2.98. The molecule has 0 saturated heterocycles. The second-order valence-electron chi connectivity index (χ2n) is 4.46. The molecule has 0 radical (unpaired) electrons. The predicted molar refractivity (Wildman–Crippen MR) is 72.4 cm³/mol. The summed E-state index contributed by atoms with van der Waals surface area (Å²) in [5.41, 5.74) is 0.630. The molecule has 2 aromatic rings. The third-order valence-electron chi connectivity index (χ3n) is 3.00. The third-order valence-corrected chi connectivity index (χ3v) is 4.17. The minimum Gasteiger partial charge on any atom is -0.344 e. The standard InChI is InChI=1S/C12H15N3O2S/c1-6-8-10(13-7(2)15(5)11(8)16)18-9(6)12(17)14(3)4/h1-5H3. The first-order chi connectivity index (χ1) is 8.34. The number of thiophene rings is 1. The zero-order valence-electron chi connectivity index (χ0n) is 11.1. The molecule has 0 aromatic carbocycles. The molecule has 2 rings (SSSR count). The van der Waals surface area contributed by atoms with Gasteiger partial charge in [0.2, 0.25) is 0 Å². The molecule has 0 atom stereocenters. The van der Waals surface area contributed by atoms with Crippen molar-refractivity contribution in [3.63, 3.8) is 0 Å². The van der Waals surface area contributed by atoms with E-state index in [2.05, 4.69) is 4.98 Å². The Morgan fingerprint density at radius 3 is 2.50 bits per heavy atom. The fourth-order valence-electron chi connectivity index (χ4n) is 1.77. The van der Waals surface area contributed by atoms with Crippen LogP contribution in [0.1, 0.15) is 21.1 Å². The van der Waals surface area contributed by atoms with Crippen molar-refractivity contribution in [3.05, 3.63) is 26.6 Å². The fourth-order valence-corrected chi connectivity index (χ4v) is 3.01. The number of hydrogen-bond acceptors (Lipinski definition) is 4. The highest BCUT2D eigenvalue weighted by Crippen LogP contribution is 2.27. The van der Waals surface area contributed by atoms with E-state index in [1.807, 2.05) is 0 Å². The zero-order valence-corrected chi connectivity index (χ0v) is 11.9. The normalized spacial score (nSPS) is 10.9. The van der Waals surface area contributed by atoms with E-state index >= 15 is 0 Å². The fraction of sp³-hybridized carbons (Fsp3) is 0.417. The topological polar surface area (TPSA) is 55.2 Å². The summed E-state index contributed by atoms with van der Waals surface area (Å²) in [5.74, 6) is 0.563. The van der Waals surface area contributed by atoms with Crippen molar-refractivity contribution in [1.29, 1.82) is 0 Å². The Morgan fingerprint density at radius 1 is 1.33 bits per heavy atom. The highest BCUT2D eigenvalue weighted by molar-refractivity contribution is 7.20. The molecule has 0 bridgehead atoms. The van der Waals surface area contributed by atoms with Crippen LogP contribution in [0.25, 0.3) is 10.2 Å². The Morgan fingerprint density at radius 2 is 1.94 bits per heavy atom. The maximum Gasteiger partial charge on any atom is 0.263 e. The summed E-state index contributed by atoms with van der Waals surface area (Å²) in [7, 11) is 5.08. The van der Waals surface area contributed by atoms with Gasteiger partial charge in [0, 0.05) is 21.1 Å². The number of rotatable bonds is 1. The average molecular weight is 265 g/mol. The van der Waals surface area contributed by atoms with Gasteiger partial charge in [0.15, 0.2) is 0 Å². The van der Waals surface area contributed by atoms with E-state index in [9.17, 15) is 9.59 Å². The van der Waals surface area contributed by atoms with Gasteiger partial charge in [-0.1, -0.05) is 0 Å². The number of aryl methyl sites for hydroxylation is 2. The van der Waals surface area contributed by atoms with E-state index < -0.39 is 0 Å². The van der Waals surface area contributed by atoms with Gasteiger partial charge in [0.25, 0.3) is 11.5 Å². The minimum absolute atomic E-state index is 0.0878. The lowest BCUT2D eigenvalue weighted by atomic mass is 10.2. The molecule has 5 nitrogen and oxygen atoms in total. The smallest absolute Gasteiger partial charge is 0.263 e. The summed E-state index contributed by atoms with van der Waals surface area (Å²) in [6.45, 7) is 3.58. The Bertz CT molecular complexity index is 697. The van der Waals surface area contributed by atoms with Gasteiger partial charge in [0.1, 0.15) is 10.7 Å². The summed E-state index contributed by atoms with van der Waals surface area (Å²) < 4.78 is 1.51. The van der Waals surface area contributed by atoms with Gasteiger partial charge in [-0.15, -0.1) is 11.3 Å². The average Bonchev–Trinajstić information content (AvgIpc) is 2.62. The summed E-state index contributed by atoms with van der Waals surface area (Å²) >= 11 is 1.28. The van der Waals surface area contributed by atoms with E-state index in [1.165, 1.54) is 20.8 Å². The summed E-state index contributed by atoms with van der Waals surface area (Å²) in [6, 6.07) is 0. The van der Waals surface area contributed by atoms with E-state index in [-0.39, 0.29) is 11.5 Å². The number of aromatic nitrogens is 2. The molecule has 2 heterocycles. The van der Waals surface area contributed by atoms with E-state index in [4.69, 9.17) is 0 Å². The highest BCUT2D eigenvalue weighted by atomic mass is 32.1. The predicted octanol–water partition coefficient (Wildman–Crippen LogP) is 1.31. The van der Waals surface area contributed by atoms with Crippen molar-refractivity contribution in [3.8, 4) is 0 Å². The number of fused-ring (bicyclic) bond motifs is 1. The van der Waals surface area contributed by atoms with Crippen LogP contribution < -0.4 is 5.56 Å². The molecule has 0 N–H and O–H groups in total. The van der Waals surface area contributed by atoms with Crippen LogP contribution in [0.3, 0.4) is 0 Å². The second-order valence-corrected chi connectivity index (χ2v) is 5.46. The van der Waals surface area contributed by atoms with Gasteiger partial charge >= 0.3 is 0 Å². The van der Waals surface area contributed by atoms with Crippen LogP contribution in [-0.2, 0) is 7.05 Å². The lowest BCUT2D eigenvalue weighted by Gasteiger charge is -2.08. The summed E-state index contributed by atoms with van der Waals surface area (Å²) in [6.07, 6.45) is 0. The third kappa shape index (κ3) is 1.73.